The molecule has 3 aromatic rings. The molecule has 0 fully saturated rings. The van der Waals surface area contributed by atoms with Crippen LogP contribution in [0.4, 0.5) is 13.2 Å². The highest BCUT2D eigenvalue weighted by molar-refractivity contribution is 5.35. The van der Waals surface area contributed by atoms with Crippen LogP contribution in [0.3, 0.4) is 0 Å². The van der Waals surface area contributed by atoms with Crippen molar-refractivity contribution < 1.29 is 27.0 Å². The molecule has 28 heavy (non-hydrogen) atoms. The Morgan fingerprint density at radius 3 is 2.82 bits per heavy atom. The molecule has 1 aromatic carbocycles. The molecular formula is C19H19ClF3N5. The second-order valence-corrected chi connectivity index (χ2v) is 6.72. The van der Waals surface area contributed by atoms with Gasteiger partial charge in [0.15, 0.2) is 5.82 Å². The molecule has 0 saturated heterocycles. The summed E-state index contributed by atoms with van der Waals surface area (Å²) in [4.78, 5) is 4.35. The summed E-state index contributed by atoms with van der Waals surface area (Å²) >= 11 is 0. The monoisotopic (exact) mass is 409 g/mol. The van der Waals surface area contributed by atoms with Gasteiger partial charge in [-0.3, -0.25) is 0 Å². The fraction of sp³-hybridized carbons (Fsp3) is 0.316. The Labute approximate surface area is 167 Å². The molecule has 2 N–H and O–H groups in total. The van der Waals surface area contributed by atoms with Crippen molar-refractivity contribution in [3.63, 3.8) is 0 Å². The van der Waals surface area contributed by atoms with Gasteiger partial charge in [0.25, 0.3) is 6.43 Å². The first-order valence-electron chi connectivity index (χ1n) is 8.74. The first-order chi connectivity index (χ1) is 13.0. The minimum atomic E-state index is -2.71. The standard InChI is InChI=1S/C19H18F3N5.ClH/c20-14-8-12(7-13(10-14)19(21)22)6-11-4-5-24-17(9-11)27-16-3-1-2-15(23)18(16)25-26-27;/h4-5,7-10,15,19H,1-3,6,23H2;1H. The van der Waals surface area contributed by atoms with Gasteiger partial charge in [0.2, 0.25) is 0 Å². The van der Waals surface area contributed by atoms with Crippen molar-refractivity contribution in [1.82, 2.24) is 20.0 Å². The maximum Gasteiger partial charge on any atom is 1.00 e. The zero-order valence-corrected chi connectivity index (χ0v) is 15.6. The van der Waals surface area contributed by atoms with Gasteiger partial charge in [-0.15, -0.1) is 5.10 Å². The van der Waals surface area contributed by atoms with E-state index in [-0.39, 0.29) is 25.4 Å². The molecule has 0 spiro atoms. The van der Waals surface area contributed by atoms with Gasteiger partial charge in [-0.25, -0.2) is 18.2 Å². The van der Waals surface area contributed by atoms with Crippen LogP contribution in [0.2, 0.25) is 0 Å². The number of hydrogen-bond acceptors (Lipinski definition) is 4. The molecule has 5 nitrogen and oxygen atoms in total. The highest BCUT2D eigenvalue weighted by atomic mass is 35.5. The van der Waals surface area contributed by atoms with E-state index in [1.807, 2.05) is 6.07 Å². The van der Waals surface area contributed by atoms with Gasteiger partial charge in [-0.05, 0) is 67.1 Å². The first kappa shape index (κ1) is 20.3. The zero-order chi connectivity index (χ0) is 19.0. The molecule has 1 atom stereocenters. The lowest BCUT2D eigenvalue weighted by molar-refractivity contribution is -0.00000960. The van der Waals surface area contributed by atoms with E-state index >= 15 is 0 Å². The molecule has 0 amide bonds. The van der Waals surface area contributed by atoms with E-state index < -0.39 is 12.2 Å². The SMILES string of the molecule is NC1CCCc2c1nnn2-c1cc(Cc2cc(F)cc(C(F)F)c2)ccn1.[Cl-].[H+]. The third kappa shape index (κ3) is 4.02. The van der Waals surface area contributed by atoms with Gasteiger partial charge in [-0.1, -0.05) is 5.21 Å². The van der Waals surface area contributed by atoms with Gasteiger partial charge < -0.3 is 18.1 Å². The minimum absolute atomic E-state index is 0. The van der Waals surface area contributed by atoms with Crippen LogP contribution in [0.15, 0.2) is 36.5 Å². The van der Waals surface area contributed by atoms with Crippen LogP contribution in [0.25, 0.3) is 5.82 Å². The van der Waals surface area contributed by atoms with E-state index in [4.69, 9.17) is 5.73 Å². The van der Waals surface area contributed by atoms with Crippen LogP contribution in [-0.4, -0.2) is 20.0 Å². The van der Waals surface area contributed by atoms with Crippen LogP contribution in [0, 0.1) is 5.82 Å². The maximum absolute atomic E-state index is 13.6. The van der Waals surface area contributed by atoms with Crippen LogP contribution < -0.4 is 18.1 Å². The molecule has 2 aromatic heterocycles. The molecule has 1 aliphatic rings. The third-order valence-electron chi connectivity index (χ3n) is 4.74. The summed E-state index contributed by atoms with van der Waals surface area (Å²) in [6.45, 7) is 0. The van der Waals surface area contributed by atoms with E-state index in [2.05, 4.69) is 15.3 Å². The predicted octanol–water partition coefficient (Wildman–Crippen LogP) is 0.782. The Morgan fingerprint density at radius 1 is 1.21 bits per heavy atom. The molecule has 2 heterocycles. The molecule has 1 aliphatic carbocycles. The Morgan fingerprint density at radius 2 is 2.04 bits per heavy atom. The topological polar surface area (TPSA) is 69.6 Å². The van der Waals surface area contributed by atoms with Crippen LogP contribution in [0.1, 0.15) is 54.8 Å². The number of benzene rings is 1. The van der Waals surface area contributed by atoms with E-state index in [9.17, 15) is 13.2 Å². The molecule has 0 radical (unpaired) electrons. The smallest absolute Gasteiger partial charge is 1.00 e. The highest BCUT2D eigenvalue weighted by Crippen LogP contribution is 2.27. The number of pyridine rings is 1. The summed E-state index contributed by atoms with van der Waals surface area (Å²) in [5, 5.41) is 8.37. The Hall–Kier alpha value is -2.45. The largest absolute Gasteiger partial charge is 1.00 e. The Kier molecular flexibility index (Phi) is 6.00. The van der Waals surface area contributed by atoms with Gasteiger partial charge in [0.1, 0.15) is 11.5 Å². The van der Waals surface area contributed by atoms with Crippen molar-refractivity contribution in [2.45, 2.75) is 38.2 Å². The average molecular weight is 410 g/mol. The number of aromatic nitrogens is 4. The number of nitrogens with two attached hydrogens (primary N) is 1. The summed E-state index contributed by atoms with van der Waals surface area (Å²) in [5.74, 6) is -0.0859. The van der Waals surface area contributed by atoms with Crippen molar-refractivity contribution in [2.75, 3.05) is 0 Å². The number of hydrogen-bond donors (Lipinski definition) is 1. The summed E-state index contributed by atoms with van der Waals surface area (Å²) in [7, 11) is 0. The van der Waals surface area contributed by atoms with Crippen molar-refractivity contribution in [3.8, 4) is 5.82 Å². The van der Waals surface area contributed by atoms with Crippen LogP contribution in [0.5, 0.6) is 0 Å². The fourth-order valence-corrected chi connectivity index (χ4v) is 3.47. The minimum Gasteiger partial charge on any atom is -1.00 e. The van der Waals surface area contributed by atoms with Crippen molar-refractivity contribution in [1.29, 1.82) is 0 Å². The van der Waals surface area contributed by atoms with Gasteiger partial charge in [0, 0.05) is 11.8 Å². The lowest BCUT2D eigenvalue weighted by Crippen LogP contribution is -3.00. The zero-order valence-electron chi connectivity index (χ0n) is 15.8. The molecule has 4 rings (SSSR count). The number of halogens is 4. The predicted molar refractivity (Wildman–Crippen MR) is 94.3 cm³/mol. The third-order valence-corrected chi connectivity index (χ3v) is 4.74. The lowest BCUT2D eigenvalue weighted by Gasteiger charge is -2.17. The van der Waals surface area contributed by atoms with Gasteiger partial charge >= 0.3 is 1.43 Å². The number of nitrogens with zero attached hydrogens (tertiary/aromatic N) is 4. The normalized spacial score (nSPS) is 16.0. The molecule has 0 aliphatic heterocycles. The lowest BCUT2D eigenvalue weighted by atomic mass is 9.97. The molecule has 9 heteroatoms. The summed E-state index contributed by atoms with van der Waals surface area (Å²) in [6.07, 6.45) is 1.88. The number of alkyl halides is 2. The van der Waals surface area contributed by atoms with Crippen LogP contribution >= 0.6 is 0 Å². The number of fused-ring (bicyclic) bond motifs is 1. The molecule has 0 bridgehead atoms. The maximum atomic E-state index is 13.6. The first-order valence-corrected chi connectivity index (χ1v) is 8.74. The second-order valence-electron chi connectivity index (χ2n) is 6.72. The van der Waals surface area contributed by atoms with E-state index in [0.29, 0.717) is 17.8 Å². The number of rotatable bonds is 4. The van der Waals surface area contributed by atoms with Crippen molar-refractivity contribution in [3.05, 3.63) is 70.4 Å². The summed E-state index contributed by atoms with van der Waals surface area (Å²) in [5.41, 5.74) is 8.80. The quantitative estimate of drug-likeness (QED) is 0.691. The average Bonchev–Trinajstić information content (AvgIpc) is 3.07. The second kappa shape index (κ2) is 8.28. The van der Waals surface area contributed by atoms with Crippen LogP contribution in [-0.2, 0) is 12.8 Å². The highest BCUT2D eigenvalue weighted by Gasteiger charge is 2.24. The molecule has 0 saturated carbocycles. The van der Waals surface area contributed by atoms with E-state index in [1.165, 1.54) is 12.1 Å². The summed E-state index contributed by atoms with van der Waals surface area (Å²) in [6, 6.07) is 6.91. The van der Waals surface area contributed by atoms with Crippen molar-refractivity contribution in [2.24, 2.45) is 5.73 Å². The Balaban J connectivity index is 0.00000150. The Bertz CT molecular complexity index is 982. The van der Waals surface area contributed by atoms with E-state index in [1.54, 1.807) is 16.9 Å². The molecule has 148 valence electrons. The fourth-order valence-electron chi connectivity index (χ4n) is 3.47. The summed E-state index contributed by atoms with van der Waals surface area (Å²) < 4.78 is 41.1. The van der Waals surface area contributed by atoms with Crippen molar-refractivity contribution >= 4 is 0 Å². The van der Waals surface area contributed by atoms with Gasteiger partial charge in [0.05, 0.1) is 11.7 Å². The molecular weight excluding hydrogens is 391 g/mol. The van der Waals surface area contributed by atoms with Gasteiger partial charge in [-0.2, -0.15) is 4.68 Å². The molecule has 1 unspecified atom stereocenters. The van der Waals surface area contributed by atoms with E-state index in [0.717, 1.165) is 42.3 Å².